The first-order valence-electron chi connectivity index (χ1n) is 8.71. The third-order valence-electron chi connectivity index (χ3n) is 4.19. The van der Waals surface area contributed by atoms with E-state index < -0.39 is 0 Å². The summed E-state index contributed by atoms with van der Waals surface area (Å²) in [6.45, 7) is 0.323. The van der Waals surface area contributed by atoms with Crippen LogP contribution in [0.4, 0.5) is 0 Å². The molecule has 3 heterocycles. The third-order valence-corrected chi connectivity index (χ3v) is 4.19. The lowest BCUT2D eigenvalue weighted by Gasteiger charge is -2.09. The lowest BCUT2D eigenvalue weighted by atomic mass is 10.2. The number of aromatic nitrogens is 3. The van der Waals surface area contributed by atoms with Gasteiger partial charge in [-0.2, -0.15) is 5.10 Å². The smallest absolute Gasteiger partial charge is 0.270 e. The number of nitrogens with zero attached hydrogens (tertiary/aromatic N) is 3. The van der Waals surface area contributed by atoms with Gasteiger partial charge in [-0.3, -0.25) is 9.78 Å². The van der Waals surface area contributed by atoms with Crippen molar-refractivity contribution in [2.24, 2.45) is 0 Å². The van der Waals surface area contributed by atoms with E-state index in [-0.39, 0.29) is 5.91 Å². The van der Waals surface area contributed by atoms with E-state index in [0.717, 1.165) is 17.1 Å². The molecule has 0 saturated carbocycles. The summed E-state index contributed by atoms with van der Waals surface area (Å²) in [4.78, 5) is 17.1. The van der Waals surface area contributed by atoms with Gasteiger partial charge < -0.3 is 14.5 Å². The number of benzene rings is 1. The number of hydrogen-bond acceptors (Lipinski definition) is 5. The van der Waals surface area contributed by atoms with E-state index in [9.17, 15) is 4.79 Å². The molecular weight excluding hydrogens is 356 g/mol. The van der Waals surface area contributed by atoms with Gasteiger partial charge in [-0.05, 0) is 48.5 Å². The summed E-state index contributed by atoms with van der Waals surface area (Å²) in [5, 5.41) is 7.45. The van der Waals surface area contributed by atoms with E-state index in [4.69, 9.17) is 9.15 Å². The van der Waals surface area contributed by atoms with Gasteiger partial charge in [-0.1, -0.05) is 6.07 Å². The van der Waals surface area contributed by atoms with Crippen LogP contribution >= 0.6 is 0 Å². The van der Waals surface area contributed by atoms with Gasteiger partial charge in [-0.15, -0.1) is 0 Å². The molecule has 1 aromatic carbocycles. The Kier molecular flexibility index (Phi) is 4.88. The number of hydrogen-bond donors (Lipinski definition) is 1. The van der Waals surface area contributed by atoms with Crippen LogP contribution in [-0.4, -0.2) is 27.8 Å². The first kappa shape index (κ1) is 17.5. The second-order valence-electron chi connectivity index (χ2n) is 6.01. The number of methoxy groups -OCH3 is 1. The van der Waals surface area contributed by atoms with Gasteiger partial charge in [0.05, 0.1) is 31.3 Å². The second-order valence-corrected chi connectivity index (χ2v) is 6.01. The molecule has 0 aliphatic heterocycles. The number of carbonyl (C=O) groups is 1. The topological polar surface area (TPSA) is 82.2 Å². The van der Waals surface area contributed by atoms with E-state index in [0.29, 0.717) is 23.7 Å². The first-order valence-corrected chi connectivity index (χ1v) is 8.71. The molecule has 7 nitrogen and oxygen atoms in total. The highest BCUT2D eigenvalue weighted by atomic mass is 16.5. The molecule has 0 fully saturated rings. The van der Waals surface area contributed by atoms with Crippen LogP contribution in [0.3, 0.4) is 0 Å². The Morgan fingerprint density at radius 3 is 2.68 bits per heavy atom. The Bertz CT molecular complexity index is 1060. The molecule has 28 heavy (non-hydrogen) atoms. The fourth-order valence-electron chi connectivity index (χ4n) is 2.77. The summed E-state index contributed by atoms with van der Waals surface area (Å²) in [5.41, 5.74) is 2.48. The van der Waals surface area contributed by atoms with Gasteiger partial charge in [0, 0.05) is 12.3 Å². The van der Waals surface area contributed by atoms with Crippen LogP contribution in [0.15, 0.2) is 77.5 Å². The monoisotopic (exact) mass is 374 g/mol. The summed E-state index contributed by atoms with van der Waals surface area (Å²) in [5.74, 6) is 1.06. The van der Waals surface area contributed by atoms with E-state index in [1.165, 1.54) is 0 Å². The van der Waals surface area contributed by atoms with Crippen molar-refractivity contribution in [2.75, 3.05) is 7.11 Å². The van der Waals surface area contributed by atoms with E-state index in [1.54, 1.807) is 42.5 Å². The average Bonchev–Trinajstić information content (AvgIpc) is 3.43. The molecule has 0 atom stereocenters. The molecule has 0 bridgehead atoms. The maximum absolute atomic E-state index is 12.9. The van der Waals surface area contributed by atoms with Crippen molar-refractivity contribution in [3.63, 3.8) is 0 Å². The molecular formula is C21H18N4O3. The second kappa shape index (κ2) is 7.79. The molecule has 140 valence electrons. The van der Waals surface area contributed by atoms with Crippen molar-refractivity contribution < 1.29 is 13.9 Å². The maximum Gasteiger partial charge on any atom is 0.270 e. The number of furan rings is 1. The lowest BCUT2D eigenvalue weighted by Crippen LogP contribution is -2.25. The van der Waals surface area contributed by atoms with E-state index >= 15 is 0 Å². The largest absolute Gasteiger partial charge is 0.497 e. The summed E-state index contributed by atoms with van der Waals surface area (Å²) in [6.07, 6.45) is 3.26. The summed E-state index contributed by atoms with van der Waals surface area (Å²) in [6, 6.07) is 18.2. The predicted molar refractivity (Wildman–Crippen MR) is 103 cm³/mol. The van der Waals surface area contributed by atoms with Gasteiger partial charge in [0.15, 0.2) is 5.76 Å². The van der Waals surface area contributed by atoms with Crippen molar-refractivity contribution in [2.45, 2.75) is 6.54 Å². The van der Waals surface area contributed by atoms with Crippen LogP contribution in [0.25, 0.3) is 17.1 Å². The first-order chi connectivity index (χ1) is 13.7. The highest BCUT2D eigenvalue weighted by Crippen LogP contribution is 2.23. The Morgan fingerprint density at radius 1 is 1.14 bits per heavy atom. The van der Waals surface area contributed by atoms with Gasteiger partial charge in [0.2, 0.25) is 0 Å². The molecule has 4 aromatic rings. The van der Waals surface area contributed by atoms with E-state index in [2.05, 4.69) is 15.4 Å². The fraction of sp³-hybridized carbons (Fsp3) is 0.0952. The van der Waals surface area contributed by atoms with Crippen molar-refractivity contribution >= 4 is 5.91 Å². The lowest BCUT2D eigenvalue weighted by molar-refractivity contribution is 0.0942. The van der Waals surface area contributed by atoms with Crippen molar-refractivity contribution in [1.29, 1.82) is 0 Å². The van der Waals surface area contributed by atoms with Crippen LogP contribution < -0.4 is 10.1 Å². The zero-order valence-electron chi connectivity index (χ0n) is 15.2. The SMILES string of the molecule is COc1ccc(-n2nc(-c3ccco3)cc2C(=O)NCc2ccccn2)cc1. The molecule has 1 amide bonds. The Labute approximate surface area is 161 Å². The maximum atomic E-state index is 12.9. The van der Waals surface area contributed by atoms with Gasteiger partial charge in [0.25, 0.3) is 5.91 Å². The van der Waals surface area contributed by atoms with Gasteiger partial charge >= 0.3 is 0 Å². The third kappa shape index (κ3) is 3.64. The number of pyridine rings is 1. The normalized spacial score (nSPS) is 10.6. The van der Waals surface area contributed by atoms with Crippen molar-refractivity contribution in [1.82, 2.24) is 20.1 Å². The minimum Gasteiger partial charge on any atom is -0.497 e. The predicted octanol–water partition coefficient (Wildman–Crippen LogP) is 3.47. The molecule has 7 heteroatoms. The fourth-order valence-corrected chi connectivity index (χ4v) is 2.77. The molecule has 0 aliphatic rings. The number of rotatable bonds is 6. The zero-order valence-corrected chi connectivity index (χ0v) is 15.2. The molecule has 0 spiro atoms. The van der Waals surface area contributed by atoms with Crippen LogP contribution in [0.5, 0.6) is 5.75 Å². The van der Waals surface area contributed by atoms with Gasteiger partial charge in [-0.25, -0.2) is 4.68 Å². The zero-order chi connectivity index (χ0) is 19.3. The summed E-state index contributed by atoms with van der Waals surface area (Å²) >= 11 is 0. The highest BCUT2D eigenvalue weighted by molar-refractivity contribution is 5.94. The number of carbonyl (C=O) groups excluding carboxylic acids is 1. The molecule has 4 rings (SSSR count). The molecule has 0 saturated heterocycles. The molecule has 3 aromatic heterocycles. The summed E-state index contributed by atoms with van der Waals surface area (Å²) < 4.78 is 12.2. The average molecular weight is 374 g/mol. The molecule has 0 aliphatic carbocycles. The van der Waals surface area contributed by atoms with Crippen molar-refractivity contribution in [3.8, 4) is 22.9 Å². The van der Waals surface area contributed by atoms with Crippen LogP contribution in [0.2, 0.25) is 0 Å². The van der Waals surface area contributed by atoms with Gasteiger partial charge in [0.1, 0.15) is 17.1 Å². The number of ether oxygens (including phenoxy) is 1. The summed E-state index contributed by atoms with van der Waals surface area (Å²) in [7, 11) is 1.61. The van der Waals surface area contributed by atoms with Crippen LogP contribution in [0, 0.1) is 0 Å². The molecule has 0 radical (unpaired) electrons. The van der Waals surface area contributed by atoms with Crippen LogP contribution in [0.1, 0.15) is 16.2 Å². The Hall–Kier alpha value is -3.87. The minimum absolute atomic E-state index is 0.258. The standard InChI is InChI=1S/C21H18N4O3/c1-27-17-9-7-16(8-10-17)25-19(13-18(24-25)20-6-4-12-28-20)21(26)23-14-15-5-2-3-11-22-15/h2-13H,14H2,1H3,(H,23,26). The minimum atomic E-state index is -0.258. The molecule has 1 N–H and O–H groups in total. The highest BCUT2D eigenvalue weighted by Gasteiger charge is 2.19. The molecule has 0 unspecified atom stereocenters. The Balaban J connectivity index is 1.66. The van der Waals surface area contributed by atoms with Crippen LogP contribution in [-0.2, 0) is 6.54 Å². The quantitative estimate of drug-likeness (QED) is 0.559. The number of nitrogens with one attached hydrogen (secondary N) is 1. The van der Waals surface area contributed by atoms with E-state index in [1.807, 2.05) is 42.5 Å². The van der Waals surface area contributed by atoms with Crippen molar-refractivity contribution in [3.05, 3.63) is 84.5 Å². The number of amides is 1. The Morgan fingerprint density at radius 2 is 2.00 bits per heavy atom.